The lowest BCUT2D eigenvalue weighted by atomic mass is 9.97. The fourth-order valence-electron chi connectivity index (χ4n) is 1.94. The second-order valence-corrected chi connectivity index (χ2v) is 7.71. The molecule has 1 aromatic heterocycles. The fourth-order valence-corrected chi connectivity index (χ4v) is 3.02. The lowest BCUT2D eigenvalue weighted by molar-refractivity contribution is -0.133. The first-order chi connectivity index (χ1) is 9.26. The highest BCUT2D eigenvalue weighted by Gasteiger charge is 2.18. The van der Waals surface area contributed by atoms with Crippen molar-refractivity contribution in [3.05, 3.63) is 22.7 Å². The molecule has 2 rings (SSSR count). The first kappa shape index (κ1) is 15.4. The molecule has 4 nitrogen and oxygen atoms in total. The first-order valence-corrected chi connectivity index (χ1v) is 8.04. The molecule has 0 aliphatic rings. The molecule has 6 heteroatoms. The van der Waals surface area contributed by atoms with Crippen LogP contribution < -0.4 is 0 Å². The summed E-state index contributed by atoms with van der Waals surface area (Å²) in [4.78, 5) is 15.3. The predicted molar refractivity (Wildman–Crippen MR) is 85.2 cm³/mol. The van der Waals surface area contributed by atoms with Crippen molar-refractivity contribution in [3.63, 3.8) is 0 Å². The number of carboxylic acids is 1. The van der Waals surface area contributed by atoms with Crippen LogP contribution in [-0.4, -0.2) is 26.4 Å². The molecule has 0 radical (unpaired) electrons. The van der Waals surface area contributed by atoms with Crippen LogP contribution in [0.2, 0.25) is 0 Å². The van der Waals surface area contributed by atoms with Crippen LogP contribution >= 0.6 is 27.7 Å². The molecule has 0 bridgehead atoms. The number of rotatable bonds is 4. The van der Waals surface area contributed by atoms with Gasteiger partial charge in [-0.15, -0.1) is 0 Å². The molecule has 0 atom stereocenters. The molecule has 0 saturated heterocycles. The number of hydrogen-bond acceptors (Lipinski definition) is 3. The second kappa shape index (κ2) is 5.77. The highest BCUT2D eigenvalue weighted by molar-refractivity contribution is 9.10. The molecule has 1 heterocycles. The van der Waals surface area contributed by atoms with Gasteiger partial charge in [0.05, 0.1) is 16.8 Å². The van der Waals surface area contributed by atoms with Gasteiger partial charge in [-0.05, 0) is 23.6 Å². The third-order valence-electron chi connectivity index (χ3n) is 2.63. The molecule has 0 amide bonds. The Morgan fingerprint density at radius 2 is 2.15 bits per heavy atom. The van der Waals surface area contributed by atoms with Gasteiger partial charge in [0.1, 0.15) is 0 Å². The Morgan fingerprint density at radius 1 is 1.45 bits per heavy atom. The van der Waals surface area contributed by atoms with E-state index < -0.39 is 5.97 Å². The van der Waals surface area contributed by atoms with Gasteiger partial charge in [-0.25, -0.2) is 4.98 Å². The summed E-state index contributed by atoms with van der Waals surface area (Å²) < 4.78 is 3.10. The van der Waals surface area contributed by atoms with Crippen LogP contribution in [0, 0.1) is 5.41 Å². The summed E-state index contributed by atoms with van der Waals surface area (Å²) in [7, 11) is 0. The van der Waals surface area contributed by atoms with Crippen LogP contribution in [0.1, 0.15) is 20.8 Å². The number of aliphatic carboxylic acids is 1. The topological polar surface area (TPSA) is 55.1 Å². The number of halogens is 1. The van der Waals surface area contributed by atoms with Gasteiger partial charge < -0.3 is 9.67 Å². The minimum atomic E-state index is -0.828. The van der Waals surface area contributed by atoms with E-state index in [9.17, 15) is 4.79 Å². The molecule has 1 N–H and O–H groups in total. The number of imidazole rings is 1. The molecule has 0 saturated carbocycles. The van der Waals surface area contributed by atoms with Gasteiger partial charge >= 0.3 is 5.97 Å². The fraction of sp³-hybridized carbons (Fsp3) is 0.429. The van der Waals surface area contributed by atoms with Gasteiger partial charge in [-0.3, -0.25) is 4.79 Å². The van der Waals surface area contributed by atoms with Gasteiger partial charge in [0, 0.05) is 11.0 Å². The SMILES string of the molecule is CC(C)(C)Cn1c(SCC(=O)O)nc2ccc(Br)cc21. The molecular weight excluding hydrogens is 340 g/mol. The maximum absolute atomic E-state index is 10.8. The van der Waals surface area contributed by atoms with E-state index in [0.717, 1.165) is 27.2 Å². The van der Waals surface area contributed by atoms with Gasteiger partial charge in [-0.2, -0.15) is 0 Å². The van der Waals surface area contributed by atoms with Gasteiger partial charge in [0.2, 0.25) is 0 Å². The number of aromatic nitrogens is 2. The quantitative estimate of drug-likeness (QED) is 0.840. The van der Waals surface area contributed by atoms with Gasteiger partial charge in [0.15, 0.2) is 5.16 Å². The summed E-state index contributed by atoms with van der Waals surface area (Å²) in [5, 5.41) is 9.61. The molecular formula is C14H17BrN2O2S. The lowest BCUT2D eigenvalue weighted by Gasteiger charge is -2.21. The molecule has 20 heavy (non-hydrogen) atoms. The zero-order valence-electron chi connectivity index (χ0n) is 11.7. The van der Waals surface area contributed by atoms with E-state index >= 15 is 0 Å². The Labute approximate surface area is 130 Å². The summed E-state index contributed by atoms with van der Waals surface area (Å²) in [6.45, 7) is 7.26. The zero-order valence-corrected chi connectivity index (χ0v) is 14.1. The van der Waals surface area contributed by atoms with E-state index in [1.54, 1.807) is 0 Å². The Balaban J connectivity index is 2.48. The standard InChI is InChI=1S/C14H17BrN2O2S/c1-14(2,3)8-17-11-6-9(15)4-5-10(11)16-13(17)20-7-12(18)19/h4-6H,7-8H2,1-3H3,(H,18,19). The van der Waals surface area contributed by atoms with Crippen molar-refractivity contribution in [3.8, 4) is 0 Å². The van der Waals surface area contributed by atoms with E-state index in [2.05, 4.69) is 46.3 Å². The molecule has 0 aliphatic heterocycles. The Bertz CT molecular complexity index is 646. The minimum absolute atomic E-state index is 0.0225. The van der Waals surface area contributed by atoms with Crippen LogP contribution in [0.5, 0.6) is 0 Å². The van der Waals surface area contributed by atoms with Crippen LogP contribution in [0.4, 0.5) is 0 Å². The molecule has 0 unspecified atom stereocenters. The van der Waals surface area contributed by atoms with Crippen LogP contribution in [-0.2, 0) is 11.3 Å². The van der Waals surface area contributed by atoms with Crippen LogP contribution in [0.15, 0.2) is 27.8 Å². The molecule has 0 fully saturated rings. The maximum atomic E-state index is 10.8. The Hall–Kier alpha value is -1.01. The number of hydrogen-bond donors (Lipinski definition) is 1. The van der Waals surface area contributed by atoms with E-state index in [4.69, 9.17) is 5.11 Å². The highest BCUT2D eigenvalue weighted by atomic mass is 79.9. The first-order valence-electron chi connectivity index (χ1n) is 6.27. The number of carboxylic acid groups (broad SMARTS) is 1. The van der Waals surface area contributed by atoms with E-state index in [0.29, 0.717) is 0 Å². The minimum Gasteiger partial charge on any atom is -0.481 e. The number of fused-ring (bicyclic) bond motifs is 1. The van der Waals surface area contributed by atoms with Crippen molar-refractivity contribution >= 4 is 44.7 Å². The van der Waals surface area contributed by atoms with Gasteiger partial charge in [-0.1, -0.05) is 48.5 Å². The summed E-state index contributed by atoms with van der Waals surface area (Å²) >= 11 is 4.74. The largest absolute Gasteiger partial charge is 0.481 e. The van der Waals surface area contributed by atoms with Crippen molar-refractivity contribution in [1.29, 1.82) is 0 Å². The van der Waals surface area contributed by atoms with Gasteiger partial charge in [0.25, 0.3) is 0 Å². The monoisotopic (exact) mass is 356 g/mol. The van der Waals surface area contributed by atoms with Crippen molar-refractivity contribution in [2.45, 2.75) is 32.5 Å². The summed E-state index contributed by atoms with van der Waals surface area (Å²) in [6, 6.07) is 5.92. The highest BCUT2D eigenvalue weighted by Crippen LogP contribution is 2.29. The van der Waals surface area contributed by atoms with E-state index in [1.165, 1.54) is 11.8 Å². The maximum Gasteiger partial charge on any atom is 0.313 e. The predicted octanol–water partition coefficient (Wildman–Crippen LogP) is 4.02. The number of nitrogens with zero attached hydrogens (tertiary/aromatic N) is 2. The summed E-state index contributed by atoms with van der Waals surface area (Å²) in [5.74, 6) is -0.806. The van der Waals surface area contributed by atoms with Crippen LogP contribution in [0.25, 0.3) is 11.0 Å². The molecule has 0 aliphatic carbocycles. The second-order valence-electron chi connectivity index (χ2n) is 5.86. The number of thioether (sulfide) groups is 1. The van der Waals surface area contributed by atoms with E-state index in [1.807, 2.05) is 18.2 Å². The normalized spacial score (nSPS) is 12.0. The number of carbonyl (C=O) groups is 1. The molecule has 108 valence electrons. The number of benzene rings is 1. The molecule has 0 spiro atoms. The summed E-state index contributed by atoms with van der Waals surface area (Å²) in [5.41, 5.74) is 2.02. The molecule has 1 aromatic carbocycles. The lowest BCUT2D eigenvalue weighted by Crippen LogP contribution is -2.16. The smallest absolute Gasteiger partial charge is 0.313 e. The molecule has 2 aromatic rings. The third-order valence-corrected chi connectivity index (χ3v) is 4.09. The average Bonchev–Trinajstić information content (AvgIpc) is 2.63. The van der Waals surface area contributed by atoms with Crippen molar-refractivity contribution < 1.29 is 9.90 Å². The Morgan fingerprint density at radius 3 is 2.75 bits per heavy atom. The van der Waals surface area contributed by atoms with Crippen molar-refractivity contribution in [2.75, 3.05) is 5.75 Å². The average molecular weight is 357 g/mol. The van der Waals surface area contributed by atoms with Crippen molar-refractivity contribution in [1.82, 2.24) is 9.55 Å². The van der Waals surface area contributed by atoms with Crippen LogP contribution in [0.3, 0.4) is 0 Å². The Kier molecular flexibility index (Phi) is 4.44. The third kappa shape index (κ3) is 3.76. The van der Waals surface area contributed by atoms with E-state index in [-0.39, 0.29) is 11.2 Å². The zero-order chi connectivity index (χ0) is 14.9. The summed E-state index contributed by atoms with van der Waals surface area (Å²) in [6.07, 6.45) is 0. The van der Waals surface area contributed by atoms with Crippen molar-refractivity contribution in [2.24, 2.45) is 5.41 Å².